The molecule has 0 aliphatic rings. The molecule has 0 saturated heterocycles. The maximum atomic E-state index is 12.8. The molecular weight excluding hydrogens is 883 g/mol. The average Bonchev–Trinajstić information content (AvgIpc) is 3.35. The maximum Gasteiger partial charge on any atom is 0.407 e. The number of hydrogen-bond donors (Lipinski definition) is 1. The summed E-state index contributed by atoms with van der Waals surface area (Å²) in [4.78, 5) is 42.0. The molecule has 0 aliphatic carbocycles. The van der Waals surface area contributed by atoms with Crippen LogP contribution >= 0.6 is 0 Å². The normalized spacial score (nSPS) is 12.5. The number of alkyl carbamates (subject to hydrolysis) is 1. The molecule has 1 amide bonds. The maximum absolute atomic E-state index is 12.8. The summed E-state index contributed by atoms with van der Waals surface area (Å²) in [6, 6.07) is 0. The molecule has 0 aromatic rings. The molecule has 0 saturated carbocycles. The van der Waals surface area contributed by atoms with E-state index in [-0.39, 0.29) is 24.1 Å². The van der Waals surface area contributed by atoms with E-state index in [1.165, 1.54) is 57.8 Å². The number of ether oxygens (including phenoxy) is 3. The van der Waals surface area contributed by atoms with Crippen molar-refractivity contribution in [3.8, 4) is 0 Å². The molecule has 0 bridgehead atoms. The molecular formula is C62H107N3O6. The standard InChI is InChI=1S/C62H107N3O6/c1-6-8-10-12-14-16-18-20-22-24-26-28-30-32-34-36-42-51-60(66)69-57-46-38-40-49-59(71-62(68)63-53-48-56-65(5)55-45-44-54-64(3)4)50-41-39-47-58-70-61(67)52-43-37-35-33-31-29-27-25-23-21-19-17-15-13-11-9-7-2/h14-17,20-23,26-29,32-35,59H,6-13,18-19,24-25,30-31,36-58H2,1-5H3,(H,63,68)/b16-14-,17-15-,22-20-,23-21-,28-26-,29-27-,34-32-,35-33-. The molecule has 0 fully saturated rings. The zero-order valence-electron chi connectivity index (χ0n) is 46.3. The molecule has 9 heteroatoms. The number of amides is 1. The number of carbonyl (C=O) groups is 3. The van der Waals surface area contributed by atoms with E-state index in [9.17, 15) is 14.4 Å². The van der Waals surface area contributed by atoms with Gasteiger partial charge in [-0.2, -0.15) is 0 Å². The van der Waals surface area contributed by atoms with Crippen molar-refractivity contribution < 1.29 is 28.6 Å². The lowest BCUT2D eigenvalue weighted by Crippen LogP contribution is -2.32. The van der Waals surface area contributed by atoms with Gasteiger partial charge in [0.05, 0.1) is 13.2 Å². The van der Waals surface area contributed by atoms with Gasteiger partial charge in [-0.15, -0.1) is 0 Å². The fourth-order valence-electron chi connectivity index (χ4n) is 7.58. The Morgan fingerprint density at radius 3 is 1.21 bits per heavy atom. The summed E-state index contributed by atoms with van der Waals surface area (Å²) in [6.07, 6.45) is 64.9. The van der Waals surface area contributed by atoms with Gasteiger partial charge in [0, 0.05) is 19.4 Å². The molecule has 0 atom stereocenters. The third-order valence-corrected chi connectivity index (χ3v) is 11.9. The largest absolute Gasteiger partial charge is 0.466 e. The molecule has 0 unspecified atom stereocenters. The highest BCUT2D eigenvalue weighted by Gasteiger charge is 2.15. The minimum atomic E-state index is -0.358. The van der Waals surface area contributed by atoms with Crippen LogP contribution in [-0.2, 0) is 23.8 Å². The second-order valence-corrected chi connectivity index (χ2v) is 19.2. The second kappa shape index (κ2) is 55.4. The van der Waals surface area contributed by atoms with Gasteiger partial charge in [-0.1, -0.05) is 137 Å². The monoisotopic (exact) mass is 990 g/mol. The SMILES string of the molecule is CCCCC/C=C\C/C=C\C/C=C\C/C=C\CCCC(=O)OCCCCCC(CCCCCOC(=O)CCC/C=C\C/C=C\C/C=C\C/C=C\CCCCC)OC(=O)NCCCN(C)CCCCN(C)C. The van der Waals surface area contributed by atoms with Gasteiger partial charge in [-0.3, -0.25) is 9.59 Å². The van der Waals surface area contributed by atoms with E-state index in [1.54, 1.807) is 0 Å². The summed E-state index contributed by atoms with van der Waals surface area (Å²) < 4.78 is 17.0. The third kappa shape index (κ3) is 55.2. The van der Waals surface area contributed by atoms with Gasteiger partial charge in [0.2, 0.25) is 0 Å². The van der Waals surface area contributed by atoms with Crippen LogP contribution in [0.3, 0.4) is 0 Å². The Hall–Kier alpha value is -3.95. The predicted molar refractivity (Wildman–Crippen MR) is 304 cm³/mol. The summed E-state index contributed by atoms with van der Waals surface area (Å²) in [5.41, 5.74) is 0. The van der Waals surface area contributed by atoms with Gasteiger partial charge in [0.15, 0.2) is 0 Å². The number of esters is 2. The highest BCUT2D eigenvalue weighted by Crippen LogP contribution is 2.16. The van der Waals surface area contributed by atoms with Gasteiger partial charge in [0.1, 0.15) is 6.10 Å². The number of nitrogens with zero attached hydrogens (tertiary/aromatic N) is 2. The van der Waals surface area contributed by atoms with Crippen molar-refractivity contribution in [3.05, 3.63) is 97.2 Å². The molecule has 71 heavy (non-hydrogen) atoms. The molecule has 0 heterocycles. The van der Waals surface area contributed by atoms with Crippen molar-refractivity contribution in [2.45, 2.75) is 219 Å². The van der Waals surface area contributed by atoms with E-state index in [1.807, 2.05) is 0 Å². The van der Waals surface area contributed by atoms with E-state index in [4.69, 9.17) is 14.2 Å². The first kappa shape index (κ1) is 67.0. The zero-order chi connectivity index (χ0) is 51.8. The zero-order valence-corrected chi connectivity index (χ0v) is 46.3. The summed E-state index contributed by atoms with van der Waals surface area (Å²) in [6.45, 7) is 8.98. The minimum absolute atomic E-state index is 0.137. The lowest BCUT2D eigenvalue weighted by molar-refractivity contribution is -0.144. The first-order chi connectivity index (χ1) is 34.8. The average molecular weight is 991 g/mol. The molecule has 0 radical (unpaired) electrons. The van der Waals surface area contributed by atoms with E-state index < -0.39 is 0 Å². The fraction of sp³-hybridized carbons (Fsp3) is 0.694. The molecule has 1 N–H and O–H groups in total. The molecule has 0 spiro atoms. The predicted octanol–water partition coefficient (Wildman–Crippen LogP) is 16.2. The van der Waals surface area contributed by atoms with Crippen LogP contribution in [0.25, 0.3) is 0 Å². The van der Waals surface area contributed by atoms with E-state index in [0.29, 0.717) is 32.6 Å². The van der Waals surface area contributed by atoms with Gasteiger partial charge in [-0.05, 0) is 201 Å². The Labute approximate surface area is 436 Å². The van der Waals surface area contributed by atoms with Crippen LogP contribution < -0.4 is 5.32 Å². The smallest absolute Gasteiger partial charge is 0.407 e. The number of carbonyl (C=O) groups excluding carboxylic acids is 3. The molecule has 0 aliphatic heterocycles. The van der Waals surface area contributed by atoms with Crippen LogP contribution in [0.5, 0.6) is 0 Å². The summed E-state index contributed by atoms with van der Waals surface area (Å²) in [7, 11) is 6.35. The molecule has 0 aromatic carbocycles. The fourth-order valence-corrected chi connectivity index (χ4v) is 7.58. The molecule has 0 rings (SSSR count). The van der Waals surface area contributed by atoms with E-state index in [2.05, 4.69) is 147 Å². The van der Waals surface area contributed by atoms with E-state index in [0.717, 1.165) is 148 Å². The van der Waals surface area contributed by atoms with Crippen LogP contribution in [-0.4, -0.2) is 94.5 Å². The Bertz CT molecular complexity index is 1370. The Morgan fingerprint density at radius 1 is 0.423 bits per heavy atom. The summed E-state index contributed by atoms with van der Waals surface area (Å²) in [5, 5.41) is 2.97. The van der Waals surface area contributed by atoms with Crippen LogP contribution in [0.2, 0.25) is 0 Å². The summed E-state index contributed by atoms with van der Waals surface area (Å²) >= 11 is 0. The Balaban J connectivity index is 4.40. The highest BCUT2D eigenvalue weighted by atomic mass is 16.6. The van der Waals surface area contributed by atoms with Crippen LogP contribution in [0.4, 0.5) is 4.79 Å². The van der Waals surface area contributed by atoms with Crippen molar-refractivity contribution in [2.75, 3.05) is 60.5 Å². The topological polar surface area (TPSA) is 97.4 Å². The highest BCUT2D eigenvalue weighted by molar-refractivity contribution is 5.69. The van der Waals surface area contributed by atoms with Crippen LogP contribution in [0, 0.1) is 0 Å². The van der Waals surface area contributed by atoms with Gasteiger partial charge in [0.25, 0.3) is 0 Å². The van der Waals surface area contributed by atoms with Crippen molar-refractivity contribution in [2.24, 2.45) is 0 Å². The first-order valence-electron chi connectivity index (χ1n) is 28.6. The van der Waals surface area contributed by atoms with Gasteiger partial charge in [-0.25, -0.2) is 4.79 Å². The van der Waals surface area contributed by atoms with Crippen molar-refractivity contribution in [3.63, 3.8) is 0 Å². The van der Waals surface area contributed by atoms with Crippen molar-refractivity contribution >= 4 is 18.0 Å². The second-order valence-electron chi connectivity index (χ2n) is 19.2. The lowest BCUT2D eigenvalue weighted by atomic mass is 10.0. The number of nitrogens with one attached hydrogen (secondary N) is 1. The van der Waals surface area contributed by atoms with Crippen molar-refractivity contribution in [1.29, 1.82) is 0 Å². The Morgan fingerprint density at radius 2 is 0.803 bits per heavy atom. The quantitative estimate of drug-likeness (QED) is 0.0279. The van der Waals surface area contributed by atoms with Gasteiger partial charge >= 0.3 is 18.0 Å². The van der Waals surface area contributed by atoms with E-state index >= 15 is 0 Å². The lowest BCUT2D eigenvalue weighted by Gasteiger charge is -2.19. The number of unbranched alkanes of at least 4 members (excludes halogenated alkanes) is 13. The molecule has 406 valence electrons. The molecule has 9 nitrogen and oxygen atoms in total. The summed E-state index contributed by atoms with van der Waals surface area (Å²) in [5.74, 6) is -0.273. The van der Waals surface area contributed by atoms with Crippen LogP contribution in [0.1, 0.15) is 213 Å². The van der Waals surface area contributed by atoms with Gasteiger partial charge < -0.3 is 29.3 Å². The molecule has 0 aromatic heterocycles. The number of rotatable bonds is 50. The van der Waals surface area contributed by atoms with Crippen molar-refractivity contribution in [1.82, 2.24) is 15.1 Å². The number of allylic oxidation sites excluding steroid dienone is 16. The number of hydrogen-bond acceptors (Lipinski definition) is 8. The first-order valence-corrected chi connectivity index (χ1v) is 28.6. The minimum Gasteiger partial charge on any atom is -0.466 e. The van der Waals surface area contributed by atoms with Crippen LogP contribution in [0.15, 0.2) is 97.2 Å². The third-order valence-electron chi connectivity index (χ3n) is 11.9. The Kier molecular flexibility index (Phi) is 52.3.